The summed E-state index contributed by atoms with van der Waals surface area (Å²) < 4.78 is 15.7. The maximum absolute atomic E-state index is 11.9. The third kappa shape index (κ3) is 6.31. The molecule has 0 aliphatic heterocycles. The molecular weight excluding hydrogens is 362 g/mol. The normalized spacial score (nSPS) is 10.4. The van der Waals surface area contributed by atoms with E-state index in [2.05, 4.69) is 15.8 Å². The van der Waals surface area contributed by atoms with Gasteiger partial charge >= 0.3 is 0 Å². The van der Waals surface area contributed by atoms with E-state index >= 15 is 0 Å². The molecule has 8 heteroatoms. The molecule has 28 heavy (non-hydrogen) atoms. The summed E-state index contributed by atoms with van der Waals surface area (Å²) in [4.78, 5) is 23.8. The van der Waals surface area contributed by atoms with Crippen LogP contribution in [-0.2, 0) is 9.59 Å². The topological polar surface area (TPSA) is 98.2 Å². The first kappa shape index (κ1) is 20.8. The van der Waals surface area contributed by atoms with E-state index in [4.69, 9.17) is 14.2 Å². The molecule has 0 unspecified atom stereocenters. The minimum absolute atomic E-state index is 0.351. The largest absolute Gasteiger partial charge is 0.497 e. The second kappa shape index (κ2) is 10.6. The van der Waals surface area contributed by atoms with E-state index in [1.807, 2.05) is 6.92 Å². The molecule has 2 aromatic rings. The third-order valence-corrected chi connectivity index (χ3v) is 3.59. The number of hydrazone groups is 1. The molecule has 0 spiro atoms. The molecule has 2 N–H and O–H groups in total. The fourth-order valence-corrected chi connectivity index (χ4v) is 2.29. The van der Waals surface area contributed by atoms with Crippen LogP contribution >= 0.6 is 0 Å². The van der Waals surface area contributed by atoms with Gasteiger partial charge in [0, 0.05) is 5.69 Å². The zero-order chi connectivity index (χ0) is 20.4. The quantitative estimate of drug-likeness (QED) is 0.393. The van der Waals surface area contributed by atoms with E-state index in [0.29, 0.717) is 35.1 Å². The Labute approximate surface area is 163 Å². The second-order valence-electron chi connectivity index (χ2n) is 5.59. The van der Waals surface area contributed by atoms with Crippen molar-refractivity contribution in [2.45, 2.75) is 13.3 Å². The van der Waals surface area contributed by atoms with Crippen molar-refractivity contribution in [1.29, 1.82) is 0 Å². The van der Waals surface area contributed by atoms with Gasteiger partial charge in [-0.15, -0.1) is 0 Å². The van der Waals surface area contributed by atoms with E-state index < -0.39 is 11.8 Å². The summed E-state index contributed by atoms with van der Waals surface area (Å²) in [7, 11) is 3.12. The lowest BCUT2D eigenvalue weighted by Crippen LogP contribution is -2.24. The van der Waals surface area contributed by atoms with Crippen molar-refractivity contribution in [2.75, 3.05) is 26.1 Å². The minimum Gasteiger partial charge on any atom is -0.497 e. The minimum atomic E-state index is -0.527. The Morgan fingerprint density at radius 2 is 1.75 bits per heavy atom. The second-order valence-corrected chi connectivity index (χ2v) is 5.59. The number of hydrogen-bond acceptors (Lipinski definition) is 6. The number of nitrogens with zero attached hydrogens (tertiary/aromatic N) is 1. The van der Waals surface area contributed by atoms with Crippen LogP contribution < -0.4 is 25.0 Å². The highest BCUT2D eigenvalue weighted by Crippen LogP contribution is 2.27. The summed E-state index contributed by atoms with van der Waals surface area (Å²) in [6, 6.07) is 12.1. The van der Waals surface area contributed by atoms with Gasteiger partial charge in [0.2, 0.25) is 11.8 Å². The van der Waals surface area contributed by atoms with Gasteiger partial charge in [0.1, 0.15) is 12.2 Å². The molecule has 2 rings (SSSR count). The molecule has 8 nitrogen and oxygen atoms in total. The van der Waals surface area contributed by atoms with Crippen molar-refractivity contribution < 1.29 is 23.8 Å². The fraction of sp³-hybridized carbons (Fsp3) is 0.250. The van der Waals surface area contributed by atoms with Crippen LogP contribution in [0.15, 0.2) is 47.6 Å². The summed E-state index contributed by atoms with van der Waals surface area (Å²) in [5.41, 5.74) is 3.61. The molecule has 0 fully saturated rings. The molecule has 0 aliphatic carbocycles. The molecule has 0 atom stereocenters. The zero-order valence-electron chi connectivity index (χ0n) is 16.0. The molecule has 2 amide bonds. The van der Waals surface area contributed by atoms with Gasteiger partial charge in [-0.3, -0.25) is 9.59 Å². The highest BCUT2D eigenvalue weighted by Gasteiger charge is 2.09. The maximum atomic E-state index is 11.9. The van der Waals surface area contributed by atoms with Gasteiger partial charge in [-0.2, -0.15) is 5.10 Å². The lowest BCUT2D eigenvalue weighted by molar-refractivity contribution is -0.126. The molecule has 0 heterocycles. The summed E-state index contributed by atoms with van der Waals surface area (Å²) in [6.07, 6.45) is 1.11. The molecule has 0 saturated heterocycles. The van der Waals surface area contributed by atoms with E-state index in [0.717, 1.165) is 0 Å². The number of nitrogens with one attached hydrogen (secondary N) is 2. The van der Waals surface area contributed by atoms with Crippen LogP contribution in [0.1, 0.15) is 18.9 Å². The average molecular weight is 385 g/mol. The first-order valence-electron chi connectivity index (χ1n) is 8.62. The summed E-state index contributed by atoms with van der Waals surface area (Å²) in [5.74, 6) is 0.898. The molecular formula is C20H23N3O5. The molecule has 148 valence electrons. The predicted molar refractivity (Wildman–Crippen MR) is 106 cm³/mol. The van der Waals surface area contributed by atoms with E-state index in [-0.39, 0.29) is 6.42 Å². The number of carbonyl (C=O) groups is 2. The van der Waals surface area contributed by atoms with Crippen LogP contribution in [0.4, 0.5) is 5.69 Å². The maximum Gasteiger partial charge on any atom is 0.249 e. The number of ether oxygens (including phenoxy) is 3. The van der Waals surface area contributed by atoms with Crippen molar-refractivity contribution in [1.82, 2.24) is 5.43 Å². The van der Waals surface area contributed by atoms with E-state index in [1.165, 1.54) is 6.21 Å². The monoisotopic (exact) mass is 385 g/mol. The van der Waals surface area contributed by atoms with Crippen LogP contribution in [0, 0.1) is 0 Å². The Balaban J connectivity index is 1.85. The lowest BCUT2D eigenvalue weighted by atomic mass is 10.2. The molecule has 0 bridgehead atoms. The van der Waals surface area contributed by atoms with Crippen molar-refractivity contribution in [3.63, 3.8) is 0 Å². The number of hydrogen-bond donors (Lipinski definition) is 2. The van der Waals surface area contributed by atoms with Crippen molar-refractivity contribution in [3.05, 3.63) is 48.0 Å². The number of rotatable bonds is 9. The van der Waals surface area contributed by atoms with Gasteiger partial charge in [0.25, 0.3) is 0 Å². The standard InChI is InChI=1S/C20H23N3O5/c1-4-28-18-11-14(5-10-17(18)27-3)13-21-23-20(25)12-19(24)22-15-6-8-16(26-2)9-7-15/h5-11,13H,4,12H2,1-3H3,(H,22,24)(H,23,25). The Hall–Kier alpha value is -3.55. The Morgan fingerprint density at radius 1 is 1.00 bits per heavy atom. The van der Waals surface area contributed by atoms with Crippen molar-refractivity contribution in [2.24, 2.45) is 5.10 Å². The Bertz CT molecular complexity index is 834. The van der Waals surface area contributed by atoms with E-state index in [1.54, 1.807) is 56.7 Å². The van der Waals surface area contributed by atoms with Crippen molar-refractivity contribution in [3.8, 4) is 17.2 Å². The lowest BCUT2D eigenvalue weighted by Gasteiger charge is -2.09. The smallest absolute Gasteiger partial charge is 0.249 e. The Kier molecular flexibility index (Phi) is 7.83. The first-order valence-corrected chi connectivity index (χ1v) is 8.62. The molecule has 2 aromatic carbocycles. The van der Waals surface area contributed by atoms with Gasteiger partial charge < -0.3 is 19.5 Å². The zero-order valence-corrected chi connectivity index (χ0v) is 16.0. The van der Waals surface area contributed by atoms with Gasteiger partial charge in [0.05, 0.1) is 27.0 Å². The van der Waals surface area contributed by atoms with Crippen LogP contribution in [0.2, 0.25) is 0 Å². The Morgan fingerprint density at radius 3 is 2.39 bits per heavy atom. The number of carbonyl (C=O) groups excluding carboxylic acids is 2. The van der Waals surface area contributed by atoms with Gasteiger partial charge in [-0.05, 0) is 55.0 Å². The van der Waals surface area contributed by atoms with Crippen LogP contribution in [0.25, 0.3) is 0 Å². The first-order chi connectivity index (χ1) is 13.5. The molecule has 0 aliphatic rings. The summed E-state index contributed by atoms with van der Waals surface area (Å²) in [5, 5.41) is 6.49. The highest BCUT2D eigenvalue weighted by atomic mass is 16.5. The van der Waals surface area contributed by atoms with Crippen LogP contribution in [-0.4, -0.2) is 38.9 Å². The van der Waals surface area contributed by atoms with Crippen LogP contribution in [0.3, 0.4) is 0 Å². The number of methoxy groups -OCH3 is 2. The number of anilines is 1. The fourth-order valence-electron chi connectivity index (χ4n) is 2.29. The molecule has 0 saturated carbocycles. The third-order valence-electron chi connectivity index (χ3n) is 3.59. The van der Waals surface area contributed by atoms with E-state index in [9.17, 15) is 9.59 Å². The predicted octanol–water partition coefficient (Wildman–Crippen LogP) is 2.58. The molecule has 0 aromatic heterocycles. The van der Waals surface area contributed by atoms with Gasteiger partial charge in [-0.25, -0.2) is 5.43 Å². The highest BCUT2D eigenvalue weighted by molar-refractivity contribution is 6.03. The SMILES string of the molecule is CCOc1cc(C=NNC(=O)CC(=O)Nc2ccc(OC)cc2)ccc1OC. The average Bonchev–Trinajstić information content (AvgIpc) is 2.69. The summed E-state index contributed by atoms with van der Waals surface area (Å²) in [6.45, 7) is 2.37. The van der Waals surface area contributed by atoms with Gasteiger partial charge in [-0.1, -0.05) is 0 Å². The molecule has 0 radical (unpaired) electrons. The summed E-state index contributed by atoms with van der Waals surface area (Å²) >= 11 is 0. The van der Waals surface area contributed by atoms with Gasteiger partial charge in [0.15, 0.2) is 11.5 Å². The van der Waals surface area contributed by atoms with Crippen molar-refractivity contribution >= 4 is 23.7 Å². The number of amides is 2. The van der Waals surface area contributed by atoms with Crippen LogP contribution in [0.5, 0.6) is 17.2 Å². The number of benzene rings is 2.